The first-order valence-electron chi connectivity index (χ1n) is 11.6. The lowest BCUT2D eigenvalue weighted by Gasteiger charge is -2.22. The van der Waals surface area contributed by atoms with E-state index in [4.69, 9.17) is 4.52 Å². The number of carbonyl (C=O) groups excluding carboxylic acids is 1. The Kier molecular flexibility index (Phi) is 5.68. The van der Waals surface area contributed by atoms with E-state index in [0.29, 0.717) is 24.7 Å². The summed E-state index contributed by atoms with van der Waals surface area (Å²) in [7, 11) is 0. The maximum absolute atomic E-state index is 12.7. The Balaban J connectivity index is 1.29. The molecule has 6 nitrogen and oxygen atoms in total. The zero-order chi connectivity index (χ0) is 22.1. The number of carbonyl (C=O) groups is 1. The summed E-state index contributed by atoms with van der Waals surface area (Å²) in [6.07, 6.45) is 5.56. The van der Waals surface area contributed by atoms with Gasteiger partial charge in [0.15, 0.2) is 0 Å². The molecule has 2 fully saturated rings. The van der Waals surface area contributed by atoms with E-state index in [0.717, 1.165) is 24.3 Å². The fourth-order valence-corrected chi connectivity index (χ4v) is 4.68. The van der Waals surface area contributed by atoms with E-state index in [2.05, 4.69) is 65.3 Å². The number of anilines is 2. The van der Waals surface area contributed by atoms with Gasteiger partial charge in [-0.15, -0.1) is 0 Å². The van der Waals surface area contributed by atoms with Crippen LogP contribution in [0.2, 0.25) is 0 Å². The van der Waals surface area contributed by atoms with Crippen LogP contribution in [0.15, 0.2) is 47.0 Å². The molecule has 2 aromatic carbocycles. The summed E-state index contributed by atoms with van der Waals surface area (Å²) in [4.78, 5) is 21.6. The SMILES string of the molecule is Cc1ccc(N2CC(c3nc(-c4ccc(N5CCCCCC5)cc4)no3)CC2=O)cc1C. The molecule has 32 heavy (non-hydrogen) atoms. The standard InChI is InChI=1S/C26H30N4O2/c1-18-7-10-23(15-19(18)2)30-17-21(16-24(30)31)26-27-25(28-32-26)20-8-11-22(12-9-20)29-13-5-3-4-6-14-29/h7-12,15,21H,3-6,13-14,16-17H2,1-2H3. The van der Waals surface area contributed by atoms with Crippen molar-refractivity contribution in [2.45, 2.75) is 51.9 Å². The first kappa shape index (κ1) is 20.7. The molecule has 0 aliphatic carbocycles. The van der Waals surface area contributed by atoms with Crippen LogP contribution >= 0.6 is 0 Å². The van der Waals surface area contributed by atoms with E-state index in [1.165, 1.54) is 42.5 Å². The molecule has 166 valence electrons. The van der Waals surface area contributed by atoms with Crippen molar-refractivity contribution in [2.24, 2.45) is 0 Å². The number of hydrogen-bond donors (Lipinski definition) is 0. The van der Waals surface area contributed by atoms with Gasteiger partial charge >= 0.3 is 0 Å². The highest BCUT2D eigenvalue weighted by Crippen LogP contribution is 2.33. The van der Waals surface area contributed by atoms with Crippen molar-refractivity contribution in [1.29, 1.82) is 0 Å². The minimum atomic E-state index is -0.0817. The Labute approximate surface area is 189 Å². The second-order valence-corrected chi connectivity index (χ2v) is 9.08. The van der Waals surface area contributed by atoms with Gasteiger partial charge < -0.3 is 14.3 Å². The number of aryl methyl sites for hydroxylation is 2. The van der Waals surface area contributed by atoms with Crippen molar-refractivity contribution in [1.82, 2.24) is 10.1 Å². The van der Waals surface area contributed by atoms with E-state index < -0.39 is 0 Å². The maximum Gasteiger partial charge on any atom is 0.232 e. The van der Waals surface area contributed by atoms with Gasteiger partial charge in [0.25, 0.3) is 0 Å². The molecular formula is C26H30N4O2. The first-order valence-corrected chi connectivity index (χ1v) is 11.6. The highest BCUT2D eigenvalue weighted by Gasteiger charge is 2.35. The van der Waals surface area contributed by atoms with Crippen LogP contribution < -0.4 is 9.80 Å². The minimum absolute atomic E-state index is 0.0817. The third-order valence-corrected chi connectivity index (χ3v) is 6.81. The lowest BCUT2D eigenvalue weighted by Crippen LogP contribution is -2.24. The predicted molar refractivity (Wildman–Crippen MR) is 126 cm³/mol. The van der Waals surface area contributed by atoms with Crippen molar-refractivity contribution in [3.05, 3.63) is 59.5 Å². The van der Waals surface area contributed by atoms with E-state index in [9.17, 15) is 4.79 Å². The number of amides is 1. The average Bonchev–Trinajstić information content (AvgIpc) is 3.34. The van der Waals surface area contributed by atoms with Gasteiger partial charge in [-0.3, -0.25) is 4.79 Å². The second kappa shape index (κ2) is 8.77. The molecule has 3 heterocycles. The van der Waals surface area contributed by atoms with Crippen LogP contribution in [-0.2, 0) is 4.79 Å². The van der Waals surface area contributed by atoms with Crippen molar-refractivity contribution >= 4 is 17.3 Å². The number of nitrogens with zero attached hydrogens (tertiary/aromatic N) is 4. The molecule has 5 rings (SSSR count). The monoisotopic (exact) mass is 430 g/mol. The molecule has 6 heteroatoms. The quantitative estimate of drug-likeness (QED) is 0.565. The summed E-state index contributed by atoms with van der Waals surface area (Å²) in [5.41, 5.74) is 5.53. The van der Waals surface area contributed by atoms with Crippen LogP contribution in [0.4, 0.5) is 11.4 Å². The smallest absolute Gasteiger partial charge is 0.232 e. The van der Waals surface area contributed by atoms with Crippen molar-refractivity contribution in [2.75, 3.05) is 29.4 Å². The van der Waals surface area contributed by atoms with E-state index >= 15 is 0 Å². The Bertz CT molecular complexity index is 1100. The van der Waals surface area contributed by atoms with E-state index in [-0.39, 0.29) is 11.8 Å². The van der Waals surface area contributed by atoms with Gasteiger partial charge in [0.2, 0.25) is 17.6 Å². The highest BCUT2D eigenvalue weighted by molar-refractivity contribution is 5.96. The number of aromatic nitrogens is 2. The van der Waals surface area contributed by atoms with Crippen LogP contribution in [0.3, 0.4) is 0 Å². The normalized spacial score (nSPS) is 19.4. The number of hydrogen-bond acceptors (Lipinski definition) is 5. The van der Waals surface area contributed by atoms with Gasteiger partial charge in [-0.1, -0.05) is 24.1 Å². The summed E-state index contributed by atoms with van der Waals surface area (Å²) in [5.74, 6) is 1.14. The van der Waals surface area contributed by atoms with Crippen LogP contribution in [0.5, 0.6) is 0 Å². The van der Waals surface area contributed by atoms with Crippen molar-refractivity contribution in [3.8, 4) is 11.4 Å². The molecule has 1 amide bonds. The number of rotatable bonds is 4. The van der Waals surface area contributed by atoms with Crippen LogP contribution in [0, 0.1) is 13.8 Å². The van der Waals surface area contributed by atoms with Crippen molar-refractivity contribution in [3.63, 3.8) is 0 Å². The molecule has 0 saturated carbocycles. The van der Waals surface area contributed by atoms with E-state index in [1.54, 1.807) is 0 Å². The topological polar surface area (TPSA) is 62.5 Å². The van der Waals surface area contributed by atoms with Crippen LogP contribution in [0.25, 0.3) is 11.4 Å². The fraction of sp³-hybridized carbons (Fsp3) is 0.423. The molecule has 1 atom stereocenters. The van der Waals surface area contributed by atoms with Crippen LogP contribution in [-0.4, -0.2) is 35.7 Å². The third-order valence-electron chi connectivity index (χ3n) is 6.81. The summed E-state index contributed by atoms with van der Waals surface area (Å²) < 4.78 is 5.59. The minimum Gasteiger partial charge on any atom is -0.372 e. The van der Waals surface area contributed by atoms with E-state index in [1.807, 2.05) is 11.0 Å². The molecule has 3 aromatic rings. The fourth-order valence-electron chi connectivity index (χ4n) is 4.68. The molecule has 2 saturated heterocycles. The zero-order valence-corrected chi connectivity index (χ0v) is 18.9. The predicted octanol–water partition coefficient (Wildman–Crippen LogP) is 5.25. The molecule has 0 spiro atoms. The van der Waals surface area contributed by atoms with Gasteiger partial charge in [-0.05, 0) is 74.2 Å². The summed E-state index contributed by atoms with van der Waals surface area (Å²) in [5, 5.41) is 4.21. The molecule has 0 N–H and O–H groups in total. The maximum atomic E-state index is 12.7. The lowest BCUT2D eigenvalue weighted by atomic mass is 10.1. The van der Waals surface area contributed by atoms with Crippen molar-refractivity contribution < 1.29 is 9.32 Å². The Hall–Kier alpha value is -3.15. The van der Waals surface area contributed by atoms with Gasteiger partial charge in [0, 0.05) is 43.0 Å². The summed E-state index contributed by atoms with van der Waals surface area (Å²) in [6.45, 7) is 6.96. The van der Waals surface area contributed by atoms with Gasteiger partial charge in [0.05, 0.1) is 5.92 Å². The molecule has 1 unspecified atom stereocenters. The molecular weight excluding hydrogens is 400 g/mol. The Morgan fingerprint density at radius 3 is 2.34 bits per heavy atom. The van der Waals surface area contributed by atoms with Gasteiger partial charge in [-0.25, -0.2) is 0 Å². The molecule has 2 aliphatic rings. The van der Waals surface area contributed by atoms with Gasteiger partial charge in [0.1, 0.15) is 0 Å². The lowest BCUT2D eigenvalue weighted by molar-refractivity contribution is -0.117. The molecule has 0 bridgehead atoms. The largest absolute Gasteiger partial charge is 0.372 e. The summed E-state index contributed by atoms with van der Waals surface area (Å²) >= 11 is 0. The van der Waals surface area contributed by atoms with Gasteiger partial charge in [-0.2, -0.15) is 4.98 Å². The zero-order valence-electron chi connectivity index (χ0n) is 18.9. The second-order valence-electron chi connectivity index (χ2n) is 9.08. The first-order chi connectivity index (χ1) is 15.6. The summed E-state index contributed by atoms with van der Waals surface area (Å²) in [6, 6.07) is 14.6. The Morgan fingerprint density at radius 2 is 1.62 bits per heavy atom. The Morgan fingerprint density at radius 1 is 0.906 bits per heavy atom. The molecule has 1 aromatic heterocycles. The number of benzene rings is 2. The highest BCUT2D eigenvalue weighted by atomic mass is 16.5. The third kappa shape index (κ3) is 4.14. The average molecular weight is 431 g/mol. The molecule has 0 radical (unpaired) electrons. The van der Waals surface area contributed by atoms with Crippen LogP contribution in [0.1, 0.15) is 55.0 Å². The molecule has 2 aliphatic heterocycles.